The number of carbonyl (C=O) groups excluding carboxylic acids is 1. The van der Waals surface area contributed by atoms with Gasteiger partial charge in [0.15, 0.2) is 0 Å². The molecule has 2 N–H and O–H groups in total. The van der Waals surface area contributed by atoms with Gasteiger partial charge in [-0.25, -0.2) is 9.18 Å². The molecular formula is C24H32FN3O4. The summed E-state index contributed by atoms with van der Waals surface area (Å²) >= 11 is 0. The number of unbranched alkanes of at least 4 members (excludes halogenated alkanes) is 1. The number of aliphatic hydroxyl groups is 1. The zero-order valence-corrected chi connectivity index (χ0v) is 18.5. The minimum absolute atomic E-state index is 0.0811. The van der Waals surface area contributed by atoms with Crippen LogP contribution < -0.4 is 15.0 Å². The lowest BCUT2D eigenvalue weighted by molar-refractivity contribution is 0.0469. The highest BCUT2D eigenvalue weighted by Crippen LogP contribution is 2.18. The number of rotatable bonds is 10. The van der Waals surface area contributed by atoms with Crippen molar-refractivity contribution < 1.29 is 23.8 Å². The van der Waals surface area contributed by atoms with Crippen LogP contribution in [0.5, 0.6) is 5.75 Å². The van der Waals surface area contributed by atoms with E-state index in [4.69, 9.17) is 9.47 Å². The molecule has 7 nitrogen and oxygen atoms in total. The Morgan fingerprint density at radius 3 is 2.44 bits per heavy atom. The third kappa shape index (κ3) is 7.69. The second kappa shape index (κ2) is 12.3. The fourth-order valence-electron chi connectivity index (χ4n) is 3.49. The number of hydrogen-bond acceptors (Lipinski definition) is 6. The highest BCUT2D eigenvalue weighted by Gasteiger charge is 2.20. The highest BCUT2D eigenvalue weighted by atomic mass is 19.1. The molecule has 1 saturated heterocycles. The average molecular weight is 446 g/mol. The molecule has 1 atom stereocenters. The summed E-state index contributed by atoms with van der Waals surface area (Å²) in [6.07, 6.45) is 0.694. The van der Waals surface area contributed by atoms with Crippen molar-refractivity contribution in [2.75, 3.05) is 56.2 Å². The SMILES string of the molecule is CCCCOc1ccc(NC(=O)OCC(O)CN2CCN(c3ccc(F)cc3)CC2)cc1. The molecule has 174 valence electrons. The summed E-state index contributed by atoms with van der Waals surface area (Å²) in [5.74, 6) is 0.514. The molecule has 2 aromatic rings. The van der Waals surface area contributed by atoms with Gasteiger partial charge in [0.1, 0.15) is 24.3 Å². The Balaban J connectivity index is 1.33. The first kappa shape index (κ1) is 23.8. The van der Waals surface area contributed by atoms with Crippen LogP contribution in [0.15, 0.2) is 48.5 Å². The van der Waals surface area contributed by atoms with Gasteiger partial charge in [-0.3, -0.25) is 10.2 Å². The molecule has 0 saturated carbocycles. The van der Waals surface area contributed by atoms with E-state index in [1.54, 1.807) is 36.4 Å². The van der Waals surface area contributed by atoms with Crippen molar-refractivity contribution in [1.82, 2.24) is 4.90 Å². The Hall–Kier alpha value is -2.84. The molecule has 1 aliphatic rings. The summed E-state index contributed by atoms with van der Waals surface area (Å²) in [5.41, 5.74) is 1.59. The molecular weight excluding hydrogens is 413 g/mol. The standard InChI is InChI=1S/C24H32FN3O4/c1-2-3-16-31-23-10-6-20(7-11-23)26-24(30)32-18-22(29)17-27-12-14-28(15-13-27)21-8-4-19(25)5-9-21/h4-11,22,29H,2-3,12-18H2,1H3,(H,26,30). The number of carbonyl (C=O) groups is 1. The largest absolute Gasteiger partial charge is 0.494 e. The zero-order chi connectivity index (χ0) is 22.8. The average Bonchev–Trinajstić information content (AvgIpc) is 2.80. The quantitative estimate of drug-likeness (QED) is 0.543. The number of ether oxygens (including phenoxy) is 2. The Labute approximate surface area is 188 Å². The zero-order valence-electron chi connectivity index (χ0n) is 18.5. The predicted octanol–water partition coefficient (Wildman–Crippen LogP) is 3.74. The molecule has 0 radical (unpaired) electrons. The van der Waals surface area contributed by atoms with E-state index >= 15 is 0 Å². The van der Waals surface area contributed by atoms with Crippen LogP contribution in [0.4, 0.5) is 20.6 Å². The molecule has 1 amide bonds. The van der Waals surface area contributed by atoms with E-state index < -0.39 is 12.2 Å². The summed E-state index contributed by atoms with van der Waals surface area (Å²) in [6.45, 7) is 6.24. The number of anilines is 2. The second-order valence-electron chi connectivity index (χ2n) is 7.87. The van der Waals surface area contributed by atoms with Gasteiger partial charge in [-0.1, -0.05) is 13.3 Å². The van der Waals surface area contributed by atoms with Crippen molar-refractivity contribution >= 4 is 17.5 Å². The van der Waals surface area contributed by atoms with Crippen LogP contribution in [0.3, 0.4) is 0 Å². The van der Waals surface area contributed by atoms with Crippen LogP contribution in [-0.4, -0.2) is 68.1 Å². The van der Waals surface area contributed by atoms with E-state index in [2.05, 4.69) is 22.0 Å². The Morgan fingerprint density at radius 2 is 1.78 bits per heavy atom. The van der Waals surface area contributed by atoms with E-state index in [1.807, 2.05) is 0 Å². The van der Waals surface area contributed by atoms with Crippen molar-refractivity contribution in [3.05, 3.63) is 54.3 Å². The van der Waals surface area contributed by atoms with Crippen LogP contribution in [0, 0.1) is 5.82 Å². The lowest BCUT2D eigenvalue weighted by atomic mass is 10.2. The van der Waals surface area contributed by atoms with Gasteiger partial charge in [0.2, 0.25) is 0 Å². The molecule has 1 unspecified atom stereocenters. The smallest absolute Gasteiger partial charge is 0.411 e. The van der Waals surface area contributed by atoms with Gasteiger partial charge in [0, 0.05) is 44.1 Å². The molecule has 0 spiro atoms. The van der Waals surface area contributed by atoms with Gasteiger partial charge < -0.3 is 19.5 Å². The summed E-state index contributed by atoms with van der Waals surface area (Å²) in [4.78, 5) is 16.3. The van der Waals surface area contributed by atoms with Crippen LogP contribution in [-0.2, 0) is 4.74 Å². The summed E-state index contributed by atoms with van der Waals surface area (Å²) in [6, 6.07) is 13.6. The van der Waals surface area contributed by atoms with Crippen LogP contribution in [0.1, 0.15) is 19.8 Å². The number of aliphatic hydroxyl groups excluding tert-OH is 1. The second-order valence-corrected chi connectivity index (χ2v) is 7.87. The molecule has 8 heteroatoms. The van der Waals surface area contributed by atoms with Crippen molar-refractivity contribution in [1.29, 1.82) is 0 Å². The van der Waals surface area contributed by atoms with Gasteiger partial charge in [-0.15, -0.1) is 0 Å². The number of β-amino-alcohol motifs (C(OH)–C–C–N with tert-alkyl or cyclic N) is 1. The molecule has 0 bridgehead atoms. The van der Waals surface area contributed by atoms with E-state index in [0.29, 0.717) is 18.8 Å². The van der Waals surface area contributed by atoms with E-state index in [1.165, 1.54) is 12.1 Å². The summed E-state index contributed by atoms with van der Waals surface area (Å²) in [5, 5.41) is 12.9. The van der Waals surface area contributed by atoms with Crippen molar-refractivity contribution in [3.63, 3.8) is 0 Å². The summed E-state index contributed by atoms with van der Waals surface area (Å²) < 4.78 is 23.8. The Bertz CT molecular complexity index is 824. The first-order chi connectivity index (χ1) is 15.5. The third-order valence-corrected chi connectivity index (χ3v) is 5.31. The van der Waals surface area contributed by atoms with E-state index in [0.717, 1.165) is 50.5 Å². The predicted molar refractivity (Wildman–Crippen MR) is 123 cm³/mol. The van der Waals surface area contributed by atoms with Gasteiger partial charge in [-0.05, 0) is 55.0 Å². The maximum atomic E-state index is 13.1. The van der Waals surface area contributed by atoms with Gasteiger partial charge in [0.05, 0.1) is 6.61 Å². The fourth-order valence-corrected chi connectivity index (χ4v) is 3.49. The van der Waals surface area contributed by atoms with Crippen molar-refractivity contribution in [2.45, 2.75) is 25.9 Å². The van der Waals surface area contributed by atoms with Crippen LogP contribution >= 0.6 is 0 Å². The molecule has 1 aliphatic heterocycles. The number of hydrogen-bond donors (Lipinski definition) is 2. The van der Waals surface area contributed by atoms with Crippen LogP contribution in [0.25, 0.3) is 0 Å². The molecule has 3 rings (SSSR count). The Morgan fingerprint density at radius 1 is 1.09 bits per heavy atom. The van der Waals surface area contributed by atoms with E-state index in [-0.39, 0.29) is 12.4 Å². The van der Waals surface area contributed by atoms with Gasteiger partial charge in [-0.2, -0.15) is 0 Å². The number of halogens is 1. The number of nitrogens with zero attached hydrogens (tertiary/aromatic N) is 2. The van der Waals surface area contributed by atoms with Crippen molar-refractivity contribution in [3.8, 4) is 5.75 Å². The lowest BCUT2D eigenvalue weighted by Crippen LogP contribution is -2.49. The monoisotopic (exact) mass is 445 g/mol. The van der Waals surface area contributed by atoms with Gasteiger partial charge in [0.25, 0.3) is 0 Å². The highest BCUT2D eigenvalue weighted by molar-refractivity contribution is 5.84. The maximum Gasteiger partial charge on any atom is 0.411 e. The minimum Gasteiger partial charge on any atom is -0.494 e. The molecule has 0 aliphatic carbocycles. The Kier molecular flexibility index (Phi) is 9.13. The first-order valence-corrected chi connectivity index (χ1v) is 11.1. The molecule has 1 fully saturated rings. The summed E-state index contributed by atoms with van der Waals surface area (Å²) in [7, 11) is 0. The third-order valence-electron chi connectivity index (χ3n) is 5.31. The number of nitrogens with one attached hydrogen (secondary N) is 1. The van der Waals surface area contributed by atoms with Crippen molar-refractivity contribution in [2.24, 2.45) is 0 Å². The van der Waals surface area contributed by atoms with E-state index in [9.17, 15) is 14.3 Å². The topological polar surface area (TPSA) is 74.3 Å². The molecule has 0 aromatic heterocycles. The lowest BCUT2D eigenvalue weighted by Gasteiger charge is -2.36. The number of amides is 1. The van der Waals surface area contributed by atoms with Gasteiger partial charge >= 0.3 is 6.09 Å². The minimum atomic E-state index is -0.771. The number of piperazine rings is 1. The van der Waals surface area contributed by atoms with Crippen LogP contribution in [0.2, 0.25) is 0 Å². The molecule has 1 heterocycles. The fraction of sp³-hybridized carbons (Fsp3) is 0.458. The maximum absolute atomic E-state index is 13.1. The molecule has 2 aromatic carbocycles. The normalized spacial score (nSPS) is 15.3. The number of benzene rings is 2. The molecule has 32 heavy (non-hydrogen) atoms. The first-order valence-electron chi connectivity index (χ1n) is 11.1.